The summed E-state index contributed by atoms with van der Waals surface area (Å²) in [6.07, 6.45) is 20.2. The van der Waals surface area contributed by atoms with Crippen molar-refractivity contribution in [2.45, 2.75) is 131 Å². The Labute approximate surface area is 186 Å². The minimum atomic E-state index is 0.742. The van der Waals surface area contributed by atoms with E-state index in [1.807, 2.05) is 0 Å². The molecule has 2 aliphatic carbocycles. The van der Waals surface area contributed by atoms with E-state index in [2.05, 4.69) is 61.0 Å². The number of hydrogen-bond acceptors (Lipinski definition) is 1. The molecule has 162 valence electrons. The van der Waals surface area contributed by atoms with Crippen LogP contribution in [0, 0.1) is 29.6 Å². The van der Waals surface area contributed by atoms with Crippen molar-refractivity contribution in [2.24, 2.45) is 29.6 Å². The van der Waals surface area contributed by atoms with Crippen molar-refractivity contribution in [1.29, 1.82) is 0 Å². The van der Waals surface area contributed by atoms with Crippen molar-refractivity contribution >= 4 is 22.9 Å². The number of rotatable bonds is 9. The summed E-state index contributed by atoms with van der Waals surface area (Å²) < 4.78 is 3.75. The second kappa shape index (κ2) is 15.5. The van der Waals surface area contributed by atoms with Crippen LogP contribution in [0.15, 0.2) is 0 Å². The number of nitrogens with one attached hydrogen (secondary N) is 1. The fourth-order valence-corrected chi connectivity index (χ4v) is 6.88. The molecule has 1 nitrogen and oxygen atoms in total. The maximum absolute atomic E-state index is 3.75. The molecule has 0 aromatic carbocycles. The fraction of sp³-hybridized carbons (Fsp3) is 1.00. The lowest BCUT2D eigenvalue weighted by atomic mass is 9.67. The summed E-state index contributed by atoms with van der Waals surface area (Å²) in [6, 6.07) is 0.742. The number of halogens is 1. The van der Waals surface area contributed by atoms with E-state index in [0.29, 0.717) is 0 Å². The molecule has 0 aromatic heterocycles. The topological polar surface area (TPSA) is 12.0 Å². The molecule has 2 aliphatic rings. The Morgan fingerprint density at radius 2 is 1.33 bits per heavy atom. The van der Waals surface area contributed by atoms with Crippen LogP contribution in [0.5, 0.6) is 0 Å². The fourth-order valence-electron chi connectivity index (χ4n) is 5.81. The maximum atomic E-state index is 3.75. The Balaban J connectivity index is 0.000000828. The first kappa shape index (κ1) is 25.7. The predicted molar refractivity (Wildman–Crippen MR) is 131 cm³/mol. The number of unbranched alkanes of at least 4 members (excludes halogenated alkanes) is 1. The molecule has 2 rings (SSSR count). The maximum Gasteiger partial charge on any atom is 0.0220 e. The smallest absolute Gasteiger partial charge is 0.0220 e. The second-order valence-corrected chi connectivity index (χ2v) is 10.2. The molecule has 0 radical (unpaired) electrons. The summed E-state index contributed by atoms with van der Waals surface area (Å²) in [5, 5.41) is 0. The molecule has 0 bridgehead atoms. The monoisotopic (exact) mass is 491 g/mol. The summed E-state index contributed by atoms with van der Waals surface area (Å²) in [5.41, 5.74) is 0. The highest BCUT2D eigenvalue weighted by atomic mass is 127. The number of hydrogen-bond donors (Lipinski definition) is 1. The van der Waals surface area contributed by atoms with Crippen LogP contribution in [0.1, 0.15) is 125 Å². The van der Waals surface area contributed by atoms with Gasteiger partial charge in [0.2, 0.25) is 0 Å². The molecule has 6 unspecified atom stereocenters. The van der Waals surface area contributed by atoms with Gasteiger partial charge in [-0.05, 0) is 42.4 Å². The van der Waals surface area contributed by atoms with Crippen LogP contribution in [-0.2, 0) is 0 Å². The zero-order valence-corrected chi connectivity index (χ0v) is 21.4. The van der Waals surface area contributed by atoms with Gasteiger partial charge in [0, 0.05) is 28.9 Å². The van der Waals surface area contributed by atoms with Crippen LogP contribution in [0.25, 0.3) is 0 Å². The first-order valence-electron chi connectivity index (χ1n) is 12.5. The molecule has 0 spiro atoms. The molecule has 2 heteroatoms. The van der Waals surface area contributed by atoms with Gasteiger partial charge >= 0.3 is 0 Å². The minimum absolute atomic E-state index is 0.742. The van der Waals surface area contributed by atoms with Gasteiger partial charge in [0.25, 0.3) is 0 Å². The zero-order valence-electron chi connectivity index (χ0n) is 19.2. The van der Waals surface area contributed by atoms with Gasteiger partial charge in [-0.2, -0.15) is 0 Å². The highest BCUT2D eigenvalue weighted by Crippen LogP contribution is 2.41. The molecule has 1 N–H and O–H groups in total. The van der Waals surface area contributed by atoms with Gasteiger partial charge in [0.05, 0.1) is 0 Å². The van der Waals surface area contributed by atoms with E-state index >= 15 is 0 Å². The van der Waals surface area contributed by atoms with Crippen molar-refractivity contribution in [3.05, 3.63) is 0 Å². The average molecular weight is 492 g/mol. The van der Waals surface area contributed by atoms with Crippen molar-refractivity contribution in [3.8, 4) is 0 Å². The van der Waals surface area contributed by atoms with Gasteiger partial charge in [0.15, 0.2) is 0 Å². The molecule has 2 fully saturated rings. The van der Waals surface area contributed by atoms with E-state index in [9.17, 15) is 0 Å². The SMILES string of the molecule is CCCC.CCCC1CCCCC1C(NI)C(C)CC1CCCCC1CC. The first-order valence-corrected chi connectivity index (χ1v) is 13.6. The zero-order chi connectivity index (χ0) is 20.1. The summed E-state index contributed by atoms with van der Waals surface area (Å²) in [5.74, 6) is 4.77. The van der Waals surface area contributed by atoms with Crippen LogP contribution < -0.4 is 3.53 Å². The van der Waals surface area contributed by atoms with E-state index in [0.717, 1.165) is 35.6 Å². The Morgan fingerprint density at radius 3 is 1.85 bits per heavy atom. The third kappa shape index (κ3) is 8.93. The summed E-state index contributed by atoms with van der Waals surface area (Å²) in [6.45, 7) is 11.7. The predicted octanol–water partition coefficient (Wildman–Crippen LogP) is 8.95. The van der Waals surface area contributed by atoms with Crippen molar-refractivity contribution in [1.82, 2.24) is 3.53 Å². The van der Waals surface area contributed by atoms with E-state index < -0.39 is 0 Å². The summed E-state index contributed by atoms with van der Waals surface area (Å²) >= 11 is 2.46. The van der Waals surface area contributed by atoms with Gasteiger partial charge in [-0.3, -0.25) is 3.53 Å². The molecule has 0 heterocycles. The lowest BCUT2D eigenvalue weighted by Crippen LogP contribution is -2.42. The largest absolute Gasteiger partial charge is 0.257 e. The van der Waals surface area contributed by atoms with Crippen LogP contribution in [0.3, 0.4) is 0 Å². The van der Waals surface area contributed by atoms with Crippen molar-refractivity contribution in [3.63, 3.8) is 0 Å². The van der Waals surface area contributed by atoms with E-state index in [1.54, 1.807) is 0 Å². The van der Waals surface area contributed by atoms with Crippen molar-refractivity contribution < 1.29 is 0 Å². The lowest BCUT2D eigenvalue weighted by Gasteiger charge is -2.41. The minimum Gasteiger partial charge on any atom is -0.257 e. The van der Waals surface area contributed by atoms with Gasteiger partial charge in [-0.1, -0.05) is 112 Å². The molecule has 0 amide bonds. The highest BCUT2D eigenvalue weighted by Gasteiger charge is 2.35. The summed E-state index contributed by atoms with van der Waals surface area (Å²) in [4.78, 5) is 0. The van der Waals surface area contributed by atoms with Gasteiger partial charge in [-0.25, -0.2) is 0 Å². The van der Waals surface area contributed by atoms with Crippen LogP contribution in [0.2, 0.25) is 0 Å². The highest BCUT2D eigenvalue weighted by molar-refractivity contribution is 14.1. The Bertz CT molecular complexity index is 341. The Kier molecular flexibility index (Phi) is 14.8. The van der Waals surface area contributed by atoms with E-state index in [4.69, 9.17) is 0 Å². The van der Waals surface area contributed by atoms with Gasteiger partial charge in [-0.15, -0.1) is 0 Å². The van der Waals surface area contributed by atoms with Crippen LogP contribution >= 0.6 is 22.9 Å². The normalized spacial score (nSPS) is 30.9. The molecular formula is C25H50IN. The molecule has 0 saturated heterocycles. The molecular weight excluding hydrogens is 441 g/mol. The first-order chi connectivity index (χ1) is 13.1. The lowest BCUT2D eigenvalue weighted by molar-refractivity contribution is 0.125. The Morgan fingerprint density at radius 1 is 0.778 bits per heavy atom. The van der Waals surface area contributed by atoms with Crippen molar-refractivity contribution in [2.75, 3.05) is 0 Å². The van der Waals surface area contributed by atoms with Gasteiger partial charge in [0.1, 0.15) is 0 Å². The quantitative estimate of drug-likeness (QED) is 0.251. The van der Waals surface area contributed by atoms with E-state index in [1.165, 1.54) is 89.9 Å². The second-order valence-electron chi connectivity index (χ2n) is 9.56. The van der Waals surface area contributed by atoms with E-state index in [-0.39, 0.29) is 0 Å². The van der Waals surface area contributed by atoms with Crippen LogP contribution in [0.4, 0.5) is 0 Å². The van der Waals surface area contributed by atoms with Gasteiger partial charge < -0.3 is 0 Å². The molecule has 2 saturated carbocycles. The third-order valence-electron chi connectivity index (χ3n) is 7.59. The Hall–Kier alpha value is 0.690. The average Bonchev–Trinajstić information content (AvgIpc) is 2.70. The molecule has 0 aromatic rings. The molecule has 6 atom stereocenters. The molecule has 0 aliphatic heterocycles. The van der Waals surface area contributed by atoms with Crippen LogP contribution in [-0.4, -0.2) is 6.04 Å². The summed E-state index contributed by atoms with van der Waals surface area (Å²) in [7, 11) is 0. The standard InChI is InChI=1S/C21H40IN.C4H10/c1-4-10-18-12-8-9-14-20(18)21(23-22)16(3)15-19-13-7-6-11-17(19)5-2;1-3-4-2/h16-21,23H,4-15H2,1-3H3;3-4H2,1-2H3. The molecule has 27 heavy (non-hydrogen) atoms. The third-order valence-corrected chi connectivity index (χ3v) is 8.31.